The summed E-state index contributed by atoms with van der Waals surface area (Å²) in [7, 11) is 1.64. The van der Waals surface area contributed by atoms with E-state index in [2.05, 4.69) is 5.32 Å². The van der Waals surface area contributed by atoms with Crippen LogP contribution in [0.25, 0.3) is 0 Å². The molecule has 2 unspecified atom stereocenters. The molecule has 0 fully saturated rings. The molecule has 0 saturated heterocycles. The van der Waals surface area contributed by atoms with Crippen LogP contribution in [0.4, 0.5) is 0 Å². The molecule has 1 aliphatic rings. The van der Waals surface area contributed by atoms with E-state index in [0.29, 0.717) is 28.8 Å². The highest BCUT2D eigenvalue weighted by Gasteiger charge is 2.20. The van der Waals surface area contributed by atoms with E-state index < -0.39 is 6.10 Å². The summed E-state index contributed by atoms with van der Waals surface area (Å²) in [4.78, 5) is 12.4. The van der Waals surface area contributed by atoms with Gasteiger partial charge in [-0.2, -0.15) is 0 Å². The second kappa shape index (κ2) is 9.00. The molecule has 1 aromatic rings. The molecule has 1 amide bonds. The Hall–Kier alpha value is -1.65. The lowest BCUT2D eigenvalue weighted by Gasteiger charge is -2.20. The molecule has 0 aliphatic heterocycles. The molecule has 2 atom stereocenters. The van der Waals surface area contributed by atoms with Crippen molar-refractivity contribution in [3.05, 3.63) is 52.2 Å². The number of allylic oxidation sites excluding steroid dienone is 2. The van der Waals surface area contributed by atoms with Gasteiger partial charge in [-0.3, -0.25) is 4.79 Å². The Morgan fingerprint density at radius 2 is 2.21 bits per heavy atom. The predicted octanol–water partition coefficient (Wildman–Crippen LogP) is 4.37. The maximum absolute atomic E-state index is 12.4. The molecule has 6 heteroatoms. The Kier molecular flexibility index (Phi) is 7.00. The van der Waals surface area contributed by atoms with Crippen molar-refractivity contribution < 1.29 is 14.3 Å². The van der Waals surface area contributed by atoms with Gasteiger partial charge in [-0.15, -0.1) is 0 Å². The Morgan fingerprint density at radius 1 is 1.42 bits per heavy atom. The third kappa shape index (κ3) is 5.18. The standard InChI is InChI=1S/C18H21Cl2NO3/c1-3-16(24-17-9-6-13(19)10-15(17)20)18(22)21-11-12-4-7-14(23-2)8-5-12/h4,6-10,12,16H,3,5,11H2,1-2H3,(H,21,22). The number of halogens is 2. The Balaban J connectivity index is 1.88. The summed E-state index contributed by atoms with van der Waals surface area (Å²) in [6.07, 6.45) is 6.75. The van der Waals surface area contributed by atoms with Gasteiger partial charge in [0.1, 0.15) is 11.5 Å². The maximum Gasteiger partial charge on any atom is 0.261 e. The van der Waals surface area contributed by atoms with E-state index in [-0.39, 0.29) is 11.8 Å². The first-order chi connectivity index (χ1) is 11.5. The van der Waals surface area contributed by atoms with E-state index >= 15 is 0 Å². The summed E-state index contributed by atoms with van der Waals surface area (Å²) in [6.45, 7) is 2.44. The zero-order valence-electron chi connectivity index (χ0n) is 13.7. The van der Waals surface area contributed by atoms with Crippen LogP contribution in [-0.4, -0.2) is 25.7 Å². The molecule has 0 heterocycles. The number of hydrogen-bond donors (Lipinski definition) is 1. The van der Waals surface area contributed by atoms with Crippen molar-refractivity contribution in [3.63, 3.8) is 0 Å². The Labute approximate surface area is 152 Å². The quantitative estimate of drug-likeness (QED) is 0.775. The average Bonchev–Trinajstić information content (AvgIpc) is 2.59. The van der Waals surface area contributed by atoms with Gasteiger partial charge in [-0.05, 0) is 49.1 Å². The largest absolute Gasteiger partial charge is 0.497 e. The number of rotatable bonds is 7. The molecule has 1 N–H and O–H groups in total. The fourth-order valence-corrected chi connectivity index (χ4v) is 2.79. The fourth-order valence-electron chi connectivity index (χ4n) is 2.34. The molecule has 2 rings (SSSR count). The molecule has 0 aromatic heterocycles. The normalized spacial score (nSPS) is 17.8. The van der Waals surface area contributed by atoms with Crippen LogP contribution in [0.2, 0.25) is 10.0 Å². The van der Waals surface area contributed by atoms with Gasteiger partial charge in [0.2, 0.25) is 0 Å². The molecule has 0 saturated carbocycles. The highest BCUT2D eigenvalue weighted by atomic mass is 35.5. The minimum atomic E-state index is -0.596. The van der Waals surface area contributed by atoms with Crippen LogP contribution in [0.5, 0.6) is 5.75 Å². The molecule has 0 radical (unpaired) electrons. The Morgan fingerprint density at radius 3 is 2.79 bits per heavy atom. The zero-order chi connectivity index (χ0) is 17.5. The predicted molar refractivity (Wildman–Crippen MR) is 96.5 cm³/mol. The number of methoxy groups -OCH3 is 1. The number of amides is 1. The topological polar surface area (TPSA) is 47.6 Å². The molecular formula is C18H21Cl2NO3. The van der Waals surface area contributed by atoms with Crippen LogP contribution in [0.1, 0.15) is 19.8 Å². The van der Waals surface area contributed by atoms with Crippen molar-refractivity contribution in [3.8, 4) is 5.75 Å². The average molecular weight is 370 g/mol. The third-order valence-electron chi connectivity index (χ3n) is 3.76. The molecule has 1 aromatic carbocycles. The number of carbonyl (C=O) groups is 1. The van der Waals surface area contributed by atoms with Gasteiger partial charge in [-0.25, -0.2) is 0 Å². The molecule has 130 valence electrons. The Bertz CT molecular complexity index is 643. The molecular weight excluding hydrogens is 349 g/mol. The lowest BCUT2D eigenvalue weighted by atomic mass is 10.00. The molecule has 24 heavy (non-hydrogen) atoms. The van der Waals surface area contributed by atoms with E-state index in [0.717, 1.165) is 12.2 Å². The van der Waals surface area contributed by atoms with Gasteiger partial charge < -0.3 is 14.8 Å². The highest BCUT2D eigenvalue weighted by molar-refractivity contribution is 6.35. The summed E-state index contributed by atoms with van der Waals surface area (Å²) in [6, 6.07) is 4.94. The van der Waals surface area contributed by atoms with Crippen LogP contribution in [0.3, 0.4) is 0 Å². The van der Waals surface area contributed by atoms with Crippen molar-refractivity contribution in [1.82, 2.24) is 5.32 Å². The summed E-state index contributed by atoms with van der Waals surface area (Å²) in [5.74, 6) is 1.40. The van der Waals surface area contributed by atoms with Crippen molar-refractivity contribution >= 4 is 29.1 Å². The molecule has 4 nitrogen and oxygen atoms in total. The van der Waals surface area contributed by atoms with Crippen molar-refractivity contribution in [1.29, 1.82) is 0 Å². The lowest BCUT2D eigenvalue weighted by Crippen LogP contribution is -2.40. The van der Waals surface area contributed by atoms with Crippen molar-refractivity contribution in [2.24, 2.45) is 5.92 Å². The van der Waals surface area contributed by atoms with Crippen LogP contribution < -0.4 is 10.1 Å². The minimum absolute atomic E-state index is 0.154. The van der Waals surface area contributed by atoms with E-state index in [9.17, 15) is 4.79 Å². The highest BCUT2D eigenvalue weighted by Crippen LogP contribution is 2.28. The van der Waals surface area contributed by atoms with E-state index in [1.807, 2.05) is 25.2 Å². The zero-order valence-corrected chi connectivity index (χ0v) is 15.2. The van der Waals surface area contributed by atoms with Gasteiger partial charge in [0, 0.05) is 11.6 Å². The maximum atomic E-state index is 12.4. The fraction of sp³-hybridized carbons (Fsp3) is 0.389. The van der Waals surface area contributed by atoms with Crippen molar-refractivity contribution in [2.45, 2.75) is 25.9 Å². The minimum Gasteiger partial charge on any atom is -0.497 e. The number of ether oxygens (including phenoxy) is 2. The van der Waals surface area contributed by atoms with Gasteiger partial charge in [-0.1, -0.05) is 36.2 Å². The molecule has 0 spiro atoms. The molecule has 1 aliphatic carbocycles. The summed E-state index contributed by atoms with van der Waals surface area (Å²) in [5, 5.41) is 3.85. The van der Waals surface area contributed by atoms with Crippen LogP contribution >= 0.6 is 23.2 Å². The smallest absolute Gasteiger partial charge is 0.261 e. The number of carbonyl (C=O) groups excluding carboxylic acids is 1. The number of benzene rings is 1. The van der Waals surface area contributed by atoms with E-state index in [1.165, 1.54) is 0 Å². The van der Waals surface area contributed by atoms with Crippen molar-refractivity contribution in [2.75, 3.05) is 13.7 Å². The second-order valence-electron chi connectivity index (χ2n) is 5.50. The monoisotopic (exact) mass is 369 g/mol. The van der Waals surface area contributed by atoms with Crippen LogP contribution in [-0.2, 0) is 9.53 Å². The van der Waals surface area contributed by atoms with Gasteiger partial charge >= 0.3 is 0 Å². The summed E-state index contributed by atoms with van der Waals surface area (Å²) in [5.41, 5.74) is 0. The third-order valence-corrected chi connectivity index (χ3v) is 4.29. The van der Waals surface area contributed by atoms with Gasteiger partial charge in [0.25, 0.3) is 5.91 Å². The van der Waals surface area contributed by atoms with E-state index in [1.54, 1.807) is 25.3 Å². The summed E-state index contributed by atoms with van der Waals surface area (Å²) >= 11 is 12.0. The van der Waals surface area contributed by atoms with E-state index in [4.69, 9.17) is 32.7 Å². The SMILES string of the molecule is CCC(Oc1ccc(Cl)cc1Cl)C(=O)NCC1C=CC(OC)=CC1. The molecule has 0 bridgehead atoms. The number of nitrogens with one attached hydrogen (secondary N) is 1. The van der Waals surface area contributed by atoms with Crippen LogP contribution in [0.15, 0.2) is 42.2 Å². The van der Waals surface area contributed by atoms with Crippen LogP contribution in [0, 0.1) is 5.92 Å². The first-order valence-corrected chi connectivity index (χ1v) is 8.60. The van der Waals surface area contributed by atoms with Gasteiger partial charge in [0.05, 0.1) is 12.1 Å². The first kappa shape index (κ1) is 18.7. The first-order valence-electron chi connectivity index (χ1n) is 7.85. The summed E-state index contributed by atoms with van der Waals surface area (Å²) < 4.78 is 10.9. The lowest BCUT2D eigenvalue weighted by molar-refractivity contribution is -0.128. The second-order valence-corrected chi connectivity index (χ2v) is 6.34. The van der Waals surface area contributed by atoms with Gasteiger partial charge in [0.15, 0.2) is 6.10 Å². The number of hydrogen-bond acceptors (Lipinski definition) is 3.